The maximum atomic E-state index is 13.9. The number of nitrogens with one attached hydrogen (secondary N) is 1. The van der Waals surface area contributed by atoms with Gasteiger partial charge in [0.25, 0.3) is 0 Å². The fourth-order valence-corrected chi connectivity index (χ4v) is 1.57. The van der Waals surface area contributed by atoms with Crippen molar-refractivity contribution < 1.29 is 18.7 Å². The number of carboxylic acid groups (broad SMARTS) is 1. The minimum absolute atomic E-state index is 0.00133. The van der Waals surface area contributed by atoms with Gasteiger partial charge in [-0.25, -0.2) is 18.6 Å². The molecule has 7 heteroatoms. The lowest BCUT2D eigenvalue weighted by Gasteiger charge is -2.09. The third-order valence-corrected chi connectivity index (χ3v) is 2.50. The lowest BCUT2D eigenvalue weighted by atomic mass is 10.1. The molecule has 0 amide bonds. The molecular formula is C13H7F2N3O2. The summed E-state index contributed by atoms with van der Waals surface area (Å²) in [4.78, 5) is 14.4. The van der Waals surface area contributed by atoms with Gasteiger partial charge in [-0.3, -0.25) is 0 Å². The van der Waals surface area contributed by atoms with Gasteiger partial charge in [0.15, 0.2) is 11.6 Å². The van der Waals surface area contributed by atoms with Crippen molar-refractivity contribution in [1.29, 1.82) is 5.26 Å². The highest BCUT2D eigenvalue weighted by Gasteiger charge is 2.16. The van der Waals surface area contributed by atoms with Gasteiger partial charge in [0.05, 0.1) is 5.69 Å². The van der Waals surface area contributed by atoms with Gasteiger partial charge in [-0.2, -0.15) is 5.26 Å². The molecular weight excluding hydrogens is 268 g/mol. The van der Waals surface area contributed by atoms with Gasteiger partial charge < -0.3 is 10.4 Å². The maximum Gasteiger partial charge on any atom is 0.338 e. The predicted molar refractivity (Wildman–Crippen MR) is 65.6 cm³/mol. The summed E-state index contributed by atoms with van der Waals surface area (Å²) < 4.78 is 27.3. The largest absolute Gasteiger partial charge is 0.478 e. The van der Waals surface area contributed by atoms with Gasteiger partial charge in [0.2, 0.25) is 0 Å². The number of hydrogen-bond donors (Lipinski definition) is 2. The first-order valence-corrected chi connectivity index (χ1v) is 5.38. The molecule has 0 fully saturated rings. The standard InChI is InChI=1S/C13H7F2N3O2/c14-9-2-1-3-10(8(9)6-16)18-12-11(15)7(13(19)20)4-5-17-12/h1-5H,(H,17,18)(H,19,20). The van der Waals surface area contributed by atoms with Crippen LogP contribution in [0.2, 0.25) is 0 Å². The van der Waals surface area contributed by atoms with Crippen LogP contribution in [0.4, 0.5) is 20.3 Å². The summed E-state index contributed by atoms with van der Waals surface area (Å²) in [5.74, 6) is -3.71. The lowest BCUT2D eigenvalue weighted by Crippen LogP contribution is -2.06. The summed E-state index contributed by atoms with van der Waals surface area (Å²) in [6.45, 7) is 0. The van der Waals surface area contributed by atoms with Crippen molar-refractivity contribution in [3.8, 4) is 6.07 Å². The summed E-state index contributed by atoms with van der Waals surface area (Å²) in [5, 5.41) is 20.1. The van der Waals surface area contributed by atoms with E-state index >= 15 is 0 Å². The minimum atomic E-state index is -1.45. The van der Waals surface area contributed by atoms with Crippen molar-refractivity contribution in [2.45, 2.75) is 0 Å². The normalized spacial score (nSPS) is 9.85. The number of anilines is 2. The summed E-state index contributed by atoms with van der Waals surface area (Å²) in [6, 6.07) is 6.41. The average Bonchev–Trinajstić information content (AvgIpc) is 2.41. The lowest BCUT2D eigenvalue weighted by molar-refractivity contribution is 0.0692. The number of rotatable bonds is 3. The topological polar surface area (TPSA) is 86.0 Å². The van der Waals surface area contributed by atoms with Crippen LogP contribution in [0.5, 0.6) is 0 Å². The fourth-order valence-electron chi connectivity index (χ4n) is 1.57. The quantitative estimate of drug-likeness (QED) is 0.899. The molecule has 100 valence electrons. The molecule has 0 radical (unpaired) electrons. The zero-order chi connectivity index (χ0) is 14.7. The zero-order valence-electron chi connectivity index (χ0n) is 9.89. The molecule has 0 saturated carbocycles. The molecule has 0 aliphatic heterocycles. The molecule has 0 atom stereocenters. The van der Waals surface area contributed by atoms with Crippen LogP contribution in [0, 0.1) is 23.0 Å². The van der Waals surface area contributed by atoms with Crippen LogP contribution >= 0.6 is 0 Å². The van der Waals surface area contributed by atoms with Crippen LogP contribution < -0.4 is 5.32 Å². The number of nitriles is 1. The molecule has 0 unspecified atom stereocenters. The van der Waals surface area contributed by atoms with E-state index in [2.05, 4.69) is 10.3 Å². The second kappa shape index (κ2) is 5.32. The van der Waals surface area contributed by atoms with Crippen molar-refractivity contribution in [2.24, 2.45) is 0 Å². The van der Waals surface area contributed by atoms with E-state index < -0.39 is 29.0 Å². The van der Waals surface area contributed by atoms with Crippen LogP contribution in [0.25, 0.3) is 0 Å². The second-order valence-electron chi connectivity index (χ2n) is 3.73. The molecule has 1 aromatic heterocycles. The van der Waals surface area contributed by atoms with Crippen LogP contribution in [-0.4, -0.2) is 16.1 Å². The van der Waals surface area contributed by atoms with Crippen LogP contribution in [0.15, 0.2) is 30.5 Å². The minimum Gasteiger partial charge on any atom is -0.478 e. The monoisotopic (exact) mass is 275 g/mol. The van der Waals surface area contributed by atoms with Crippen LogP contribution in [0.1, 0.15) is 15.9 Å². The Morgan fingerprint density at radius 3 is 2.75 bits per heavy atom. The third-order valence-electron chi connectivity index (χ3n) is 2.50. The Hall–Kier alpha value is -3.01. The number of halogens is 2. The number of hydrogen-bond acceptors (Lipinski definition) is 4. The molecule has 1 heterocycles. The van der Waals surface area contributed by atoms with Crippen LogP contribution in [0.3, 0.4) is 0 Å². The zero-order valence-corrected chi connectivity index (χ0v) is 9.89. The van der Waals surface area contributed by atoms with E-state index in [4.69, 9.17) is 10.4 Å². The number of pyridine rings is 1. The Bertz CT molecular complexity index is 726. The smallest absolute Gasteiger partial charge is 0.338 e. The highest BCUT2D eigenvalue weighted by molar-refractivity contribution is 5.89. The first kappa shape index (κ1) is 13.4. The van der Waals surface area contributed by atoms with E-state index in [0.717, 1.165) is 18.3 Å². The molecule has 2 aromatic rings. The average molecular weight is 275 g/mol. The number of aromatic carboxylic acids is 1. The van der Waals surface area contributed by atoms with Crippen molar-refractivity contribution in [3.63, 3.8) is 0 Å². The molecule has 5 nitrogen and oxygen atoms in total. The highest BCUT2D eigenvalue weighted by atomic mass is 19.1. The third kappa shape index (κ3) is 2.40. The van der Waals surface area contributed by atoms with E-state index in [0.29, 0.717) is 0 Å². The number of aromatic nitrogens is 1. The summed E-state index contributed by atoms with van der Waals surface area (Å²) in [5.41, 5.74) is -0.881. The van der Waals surface area contributed by atoms with E-state index in [1.807, 2.05) is 0 Å². The first-order valence-electron chi connectivity index (χ1n) is 5.38. The molecule has 0 aliphatic carbocycles. The molecule has 2 N–H and O–H groups in total. The Kier molecular flexibility index (Phi) is 3.57. The molecule has 0 saturated heterocycles. The molecule has 0 spiro atoms. The van der Waals surface area contributed by atoms with Gasteiger partial charge in [-0.15, -0.1) is 0 Å². The number of carboxylic acids is 1. The van der Waals surface area contributed by atoms with Gasteiger partial charge in [0.1, 0.15) is 23.0 Å². The number of carbonyl (C=O) groups is 1. The maximum absolute atomic E-state index is 13.9. The van der Waals surface area contributed by atoms with E-state index in [-0.39, 0.29) is 11.3 Å². The van der Waals surface area contributed by atoms with Crippen molar-refractivity contribution in [3.05, 3.63) is 53.2 Å². The fraction of sp³-hybridized carbons (Fsp3) is 0. The van der Waals surface area contributed by atoms with Gasteiger partial charge in [-0.1, -0.05) is 6.07 Å². The predicted octanol–water partition coefficient (Wildman–Crippen LogP) is 2.67. The molecule has 2 rings (SSSR count). The SMILES string of the molecule is N#Cc1c(F)cccc1Nc1nccc(C(=O)O)c1F. The number of benzene rings is 1. The molecule has 20 heavy (non-hydrogen) atoms. The second-order valence-corrected chi connectivity index (χ2v) is 3.73. The first-order chi connectivity index (χ1) is 9.54. The van der Waals surface area contributed by atoms with Crippen molar-refractivity contribution in [2.75, 3.05) is 5.32 Å². The Balaban J connectivity index is 2.47. The van der Waals surface area contributed by atoms with E-state index in [9.17, 15) is 13.6 Å². The molecule has 1 aromatic carbocycles. The van der Waals surface area contributed by atoms with E-state index in [1.165, 1.54) is 12.1 Å². The Labute approximate surface area is 112 Å². The van der Waals surface area contributed by atoms with Gasteiger partial charge in [-0.05, 0) is 18.2 Å². The molecule has 0 aliphatic rings. The Morgan fingerprint density at radius 2 is 2.10 bits per heavy atom. The summed E-state index contributed by atoms with van der Waals surface area (Å²) >= 11 is 0. The van der Waals surface area contributed by atoms with Crippen LogP contribution in [-0.2, 0) is 0 Å². The molecule has 0 bridgehead atoms. The summed E-state index contributed by atoms with van der Waals surface area (Å²) in [6.07, 6.45) is 1.10. The van der Waals surface area contributed by atoms with Crippen molar-refractivity contribution in [1.82, 2.24) is 4.98 Å². The Morgan fingerprint density at radius 1 is 1.35 bits per heavy atom. The highest BCUT2D eigenvalue weighted by Crippen LogP contribution is 2.24. The van der Waals surface area contributed by atoms with Gasteiger partial charge >= 0.3 is 5.97 Å². The van der Waals surface area contributed by atoms with E-state index in [1.54, 1.807) is 6.07 Å². The summed E-state index contributed by atoms with van der Waals surface area (Å²) in [7, 11) is 0. The van der Waals surface area contributed by atoms with Crippen molar-refractivity contribution >= 4 is 17.5 Å². The van der Waals surface area contributed by atoms with Gasteiger partial charge in [0, 0.05) is 6.20 Å². The number of nitrogens with zero attached hydrogens (tertiary/aromatic N) is 2.